The average Bonchev–Trinajstić information content (AvgIpc) is 2.53. The number of ether oxygens (including phenoxy) is 1. The Hall–Kier alpha value is -2.82. The molecule has 0 aliphatic carbocycles. The Morgan fingerprint density at radius 3 is 2.57 bits per heavy atom. The molecular formula is C18H12F3NO. The summed E-state index contributed by atoms with van der Waals surface area (Å²) in [4.78, 5) is 4.24. The lowest BCUT2D eigenvalue weighted by atomic mass is 10.1. The molecule has 1 heterocycles. The van der Waals surface area contributed by atoms with E-state index < -0.39 is 11.7 Å². The van der Waals surface area contributed by atoms with Crippen molar-refractivity contribution in [3.63, 3.8) is 0 Å². The predicted octanol–water partition coefficient (Wildman–Crippen LogP) is 5.69. The molecule has 0 N–H and O–H groups in total. The van der Waals surface area contributed by atoms with Crippen LogP contribution in [0.5, 0.6) is 11.5 Å². The molecule has 2 aromatic carbocycles. The third-order valence-corrected chi connectivity index (χ3v) is 3.34. The van der Waals surface area contributed by atoms with Crippen LogP contribution in [0.2, 0.25) is 0 Å². The van der Waals surface area contributed by atoms with Crippen molar-refractivity contribution in [2.75, 3.05) is 0 Å². The average molecular weight is 315 g/mol. The molecular weight excluding hydrogens is 303 g/mol. The highest BCUT2D eigenvalue weighted by atomic mass is 19.4. The first-order valence-corrected chi connectivity index (χ1v) is 6.84. The summed E-state index contributed by atoms with van der Waals surface area (Å²) in [6, 6.07) is 11.9. The Bertz CT molecular complexity index is 872. The predicted molar refractivity (Wildman–Crippen MR) is 83.4 cm³/mol. The monoisotopic (exact) mass is 315 g/mol. The zero-order valence-electron chi connectivity index (χ0n) is 12.0. The van der Waals surface area contributed by atoms with Crippen LogP contribution in [-0.2, 0) is 6.18 Å². The van der Waals surface area contributed by atoms with Crippen molar-refractivity contribution < 1.29 is 17.9 Å². The molecule has 0 aliphatic heterocycles. The normalized spacial score (nSPS) is 11.4. The Morgan fingerprint density at radius 2 is 1.83 bits per heavy atom. The van der Waals surface area contributed by atoms with E-state index in [1.54, 1.807) is 24.4 Å². The molecule has 0 bridgehead atoms. The third-order valence-electron chi connectivity index (χ3n) is 3.34. The molecule has 23 heavy (non-hydrogen) atoms. The number of rotatable bonds is 3. The molecule has 0 spiro atoms. The number of pyridine rings is 1. The largest absolute Gasteiger partial charge is 0.457 e. The summed E-state index contributed by atoms with van der Waals surface area (Å²) in [5.41, 5.74) is 0.738. The van der Waals surface area contributed by atoms with Gasteiger partial charge >= 0.3 is 6.18 Å². The molecule has 0 fully saturated rings. The van der Waals surface area contributed by atoms with Crippen LogP contribution >= 0.6 is 0 Å². The van der Waals surface area contributed by atoms with Crippen molar-refractivity contribution in [3.8, 4) is 11.5 Å². The van der Waals surface area contributed by atoms with Gasteiger partial charge in [-0.15, -0.1) is 0 Å². The summed E-state index contributed by atoms with van der Waals surface area (Å²) in [6.45, 7) is 3.74. The number of halogens is 3. The van der Waals surface area contributed by atoms with E-state index in [-0.39, 0.29) is 5.75 Å². The molecule has 0 amide bonds. The first-order valence-electron chi connectivity index (χ1n) is 6.84. The van der Waals surface area contributed by atoms with Gasteiger partial charge in [-0.3, -0.25) is 4.98 Å². The zero-order chi connectivity index (χ0) is 16.4. The van der Waals surface area contributed by atoms with Crippen molar-refractivity contribution in [1.82, 2.24) is 4.98 Å². The maximum absolute atomic E-state index is 12.8. The molecule has 3 rings (SSSR count). The number of hydrogen-bond acceptors (Lipinski definition) is 2. The number of aromatic nitrogens is 1. The second-order valence-electron chi connectivity index (χ2n) is 4.91. The summed E-state index contributed by atoms with van der Waals surface area (Å²) in [6.07, 6.45) is -1.11. The van der Waals surface area contributed by atoms with E-state index in [0.717, 1.165) is 23.1 Å². The van der Waals surface area contributed by atoms with Crippen LogP contribution in [0.25, 0.3) is 17.0 Å². The van der Waals surface area contributed by atoms with Gasteiger partial charge in [-0.2, -0.15) is 13.2 Å². The molecule has 3 aromatic rings. The number of benzene rings is 2. The van der Waals surface area contributed by atoms with Crippen LogP contribution in [0.3, 0.4) is 0 Å². The van der Waals surface area contributed by atoms with E-state index in [1.165, 1.54) is 12.1 Å². The molecule has 5 heteroatoms. The van der Waals surface area contributed by atoms with Crippen molar-refractivity contribution in [2.24, 2.45) is 0 Å². The van der Waals surface area contributed by atoms with E-state index >= 15 is 0 Å². The van der Waals surface area contributed by atoms with Gasteiger partial charge in [0.15, 0.2) is 0 Å². The fourth-order valence-corrected chi connectivity index (χ4v) is 2.28. The maximum Gasteiger partial charge on any atom is 0.416 e. The molecule has 0 saturated carbocycles. The first-order chi connectivity index (χ1) is 11.0. The highest BCUT2D eigenvalue weighted by Gasteiger charge is 2.30. The molecule has 0 unspecified atom stereocenters. The van der Waals surface area contributed by atoms with E-state index in [1.807, 2.05) is 12.1 Å². The van der Waals surface area contributed by atoms with Crippen molar-refractivity contribution in [1.29, 1.82) is 0 Å². The zero-order valence-corrected chi connectivity index (χ0v) is 12.0. The quantitative estimate of drug-likeness (QED) is 0.619. The van der Waals surface area contributed by atoms with Crippen LogP contribution < -0.4 is 4.74 Å². The highest BCUT2D eigenvalue weighted by Crippen LogP contribution is 2.33. The molecule has 0 saturated heterocycles. The Labute approximate surface area is 130 Å². The van der Waals surface area contributed by atoms with Gasteiger partial charge in [0.1, 0.15) is 11.5 Å². The lowest BCUT2D eigenvalue weighted by Gasteiger charge is -2.11. The minimum atomic E-state index is -4.41. The summed E-state index contributed by atoms with van der Waals surface area (Å²) in [5.74, 6) is 0.524. The lowest BCUT2D eigenvalue weighted by Crippen LogP contribution is -2.04. The van der Waals surface area contributed by atoms with Crippen molar-refractivity contribution in [2.45, 2.75) is 6.18 Å². The van der Waals surface area contributed by atoms with Gasteiger partial charge in [0.25, 0.3) is 0 Å². The maximum atomic E-state index is 12.8. The van der Waals surface area contributed by atoms with E-state index in [9.17, 15) is 13.2 Å². The van der Waals surface area contributed by atoms with Crippen LogP contribution in [0.4, 0.5) is 13.2 Å². The Morgan fingerprint density at radius 1 is 1.00 bits per heavy atom. The van der Waals surface area contributed by atoms with Crippen molar-refractivity contribution >= 4 is 17.0 Å². The van der Waals surface area contributed by atoms with Crippen LogP contribution in [0.15, 0.2) is 61.3 Å². The Balaban J connectivity index is 2.00. The molecule has 1 aromatic heterocycles. The second kappa shape index (κ2) is 5.76. The van der Waals surface area contributed by atoms with Gasteiger partial charge in [-0.25, -0.2) is 0 Å². The summed E-state index contributed by atoms with van der Waals surface area (Å²) < 4.78 is 43.8. The molecule has 0 atom stereocenters. The van der Waals surface area contributed by atoms with Crippen molar-refractivity contribution in [3.05, 3.63) is 72.4 Å². The fourth-order valence-electron chi connectivity index (χ4n) is 2.28. The summed E-state index contributed by atoms with van der Waals surface area (Å²) >= 11 is 0. The summed E-state index contributed by atoms with van der Waals surface area (Å²) in [5, 5.41) is 0.902. The fraction of sp³-hybridized carbons (Fsp3) is 0.0556. The SMILES string of the molecule is C=Cc1cc(Oc2cccc(C(F)(F)F)c2)cc2ncccc12. The van der Waals surface area contributed by atoms with Crippen LogP contribution in [0.1, 0.15) is 11.1 Å². The minimum Gasteiger partial charge on any atom is -0.457 e. The molecule has 2 nitrogen and oxygen atoms in total. The molecule has 0 aliphatic rings. The number of nitrogens with zero attached hydrogens (tertiary/aromatic N) is 1. The number of fused-ring (bicyclic) bond motifs is 1. The number of alkyl halides is 3. The van der Waals surface area contributed by atoms with E-state index in [4.69, 9.17) is 4.74 Å². The highest BCUT2D eigenvalue weighted by molar-refractivity contribution is 5.89. The number of hydrogen-bond donors (Lipinski definition) is 0. The smallest absolute Gasteiger partial charge is 0.416 e. The van der Waals surface area contributed by atoms with Crippen LogP contribution in [-0.4, -0.2) is 4.98 Å². The van der Waals surface area contributed by atoms with Gasteiger partial charge in [0.2, 0.25) is 0 Å². The first kappa shape index (κ1) is 15.1. The van der Waals surface area contributed by atoms with Gasteiger partial charge in [0.05, 0.1) is 11.1 Å². The Kier molecular flexibility index (Phi) is 3.78. The van der Waals surface area contributed by atoms with Gasteiger partial charge in [-0.05, 0) is 35.9 Å². The molecule has 116 valence electrons. The minimum absolute atomic E-state index is 0.116. The lowest BCUT2D eigenvalue weighted by molar-refractivity contribution is -0.137. The van der Waals surface area contributed by atoms with Gasteiger partial charge in [0, 0.05) is 17.6 Å². The summed E-state index contributed by atoms with van der Waals surface area (Å²) in [7, 11) is 0. The van der Waals surface area contributed by atoms with Crippen LogP contribution in [0, 0.1) is 0 Å². The standard InChI is InChI=1S/C18H12F3NO/c1-2-12-9-15(11-17-16(12)7-4-8-22-17)23-14-6-3-5-13(10-14)18(19,20)21/h2-11H,1H2. The molecule has 0 radical (unpaired) electrons. The van der Waals surface area contributed by atoms with E-state index in [2.05, 4.69) is 11.6 Å². The topological polar surface area (TPSA) is 22.1 Å². The second-order valence-corrected chi connectivity index (χ2v) is 4.91. The van der Waals surface area contributed by atoms with Gasteiger partial charge < -0.3 is 4.74 Å². The van der Waals surface area contributed by atoms with Gasteiger partial charge in [-0.1, -0.05) is 24.8 Å². The van der Waals surface area contributed by atoms with E-state index in [0.29, 0.717) is 11.3 Å². The third kappa shape index (κ3) is 3.18.